The van der Waals surface area contributed by atoms with E-state index in [0.717, 1.165) is 16.9 Å². The van der Waals surface area contributed by atoms with Crippen molar-refractivity contribution in [3.8, 4) is 0 Å². The average molecular weight is 380 g/mol. The van der Waals surface area contributed by atoms with Gasteiger partial charge < -0.3 is 15.5 Å². The van der Waals surface area contributed by atoms with Crippen LogP contribution in [0.1, 0.15) is 39.2 Å². The molecular formula is C23H29N3O2. The SMILES string of the molecule is CN(C)c1ccc(NC(=O)C2(C(=O)Nc3ccccc3C(C)(C)C)CC2)cc1. The van der Waals surface area contributed by atoms with E-state index >= 15 is 0 Å². The summed E-state index contributed by atoms with van der Waals surface area (Å²) in [7, 11) is 3.93. The first-order valence-electron chi connectivity index (χ1n) is 9.63. The molecule has 148 valence electrons. The minimum Gasteiger partial charge on any atom is -0.378 e. The summed E-state index contributed by atoms with van der Waals surface area (Å²) in [6.45, 7) is 6.32. The molecule has 0 unspecified atom stereocenters. The average Bonchev–Trinajstić information content (AvgIpc) is 3.44. The Bertz CT molecular complexity index is 875. The number of hydrogen-bond acceptors (Lipinski definition) is 3. The predicted molar refractivity (Wildman–Crippen MR) is 115 cm³/mol. The molecule has 28 heavy (non-hydrogen) atoms. The number of rotatable bonds is 5. The van der Waals surface area contributed by atoms with Crippen molar-refractivity contribution in [1.29, 1.82) is 0 Å². The Morgan fingerprint density at radius 3 is 2.00 bits per heavy atom. The Morgan fingerprint density at radius 2 is 1.46 bits per heavy atom. The van der Waals surface area contributed by atoms with Crippen molar-refractivity contribution in [3.63, 3.8) is 0 Å². The first-order valence-corrected chi connectivity index (χ1v) is 9.63. The van der Waals surface area contributed by atoms with Crippen LogP contribution in [0.25, 0.3) is 0 Å². The zero-order valence-corrected chi connectivity index (χ0v) is 17.3. The summed E-state index contributed by atoms with van der Waals surface area (Å²) in [6, 6.07) is 15.4. The minimum atomic E-state index is -0.981. The van der Waals surface area contributed by atoms with Crippen molar-refractivity contribution in [1.82, 2.24) is 0 Å². The molecule has 0 saturated heterocycles. The third-order valence-corrected chi connectivity index (χ3v) is 5.24. The lowest BCUT2D eigenvalue weighted by Crippen LogP contribution is -2.36. The van der Waals surface area contributed by atoms with Crippen LogP contribution in [0.2, 0.25) is 0 Å². The molecule has 1 saturated carbocycles. The Hall–Kier alpha value is -2.82. The maximum absolute atomic E-state index is 13.0. The number of para-hydroxylation sites is 1. The van der Waals surface area contributed by atoms with Crippen LogP contribution >= 0.6 is 0 Å². The Kier molecular flexibility index (Phi) is 5.20. The highest BCUT2D eigenvalue weighted by atomic mass is 16.2. The van der Waals surface area contributed by atoms with E-state index in [0.29, 0.717) is 18.5 Å². The predicted octanol–water partition coefficient (Wildman–Crippen LogP) is 4.41. The van der Waals surface area contributed by atoms with Gasteiger partial charge in [-0.3, -0.25) is 9.59 Å². The monoisotopic (exact) mass is 379 g/mol. The topological polar surface area (TPSA) is 61.4 Å². The maximum atomic E-state index is 13.0. The van der Waals surface area contributed by atoms with Crippen LogP contribution in [-0.2, 0) is 15.0 Å². The van der Waals surface area contributed by atoms with Crippen LogP contribution < -0.4 is 15.5 Å². The van der Waals surface area contributed by atoms with Crippen LogP contribution in [0.5, 0.6) is 0 Å². The molecule has 5 nitrogen and oxygen atoms in total. The minimum absolute atomic E-state index is 0.100. The van der Waals surface area contributed by atoms with Crippen molar-refractivity contribution in [2.75, 3.05) is 29.6 Å². The summed E-state index contributed by atoms with van der Waals surface area (Å²) < 4.78 is 0. The van der Waals surface area contributed by atoms with Crippen LogP contribution in [-0.4, -0.2) is 25.9 Å². The molecule has 0 aliphatic heterocycles. The Morgan fingerprint density at radius 1 is 0.893 bits per heavy atom. The fourth-order valence-corrected chi connectivity index (χ4v) is 3.26. The Labute approximate surface area is 167 Å². The lowest BCUT2D eigenvalue weighted by Gasteiger charge is -2.24. The number of anilines is 3. The van der Waals surface area contributed by atoms with Crippen molar-refractivity contribution in [2.24, 2.45) is 5.41 Å². The van der Waals surface area contributed by atoms with Gasteiger partial charge in [-0.2, -0.15) is 0 Å². The highest BCUT2D eigenvalue weighted by molar-refractivity contribution is 6.17. The zero-order chi connectivity index (χ0) is 20.5. The van der Waals surface area contributed by atoms with E-state index in [1.165, 1.54) is 0 Å². The molecule has 5 heteroatoms. The summed E-state index contributed by atoms with van der Waals surface area (Å²) >= 11 is 0. The van der Waals surface area contributed by atoms with Gasteiger partial charge in [0.05, 0.1) is 0 Å². The number of carbonyl (C=O) groups is 2. The number of carbonyl (C=O) groups excluding carboxylic acids is 2. The fraction of sp³-hybridized carbons (Fsp3) is 0.391. The van der Waals surface area contributed by atoms with E-state index in [2.05, 4.69) is 31.4 Å². The molecule has 0 bridgehead atoms. The van der Waals surface area contributed by atoms with Gasteiger partial charge in [0.2, 0.25) is 11.8 Å². The van der Waals surface area contributed by atoms with Gasteiger partial charge in [-0.1, -0.05) is 39.0 Å². The highest BCUT2D eigenvalue weighted by Crippen LogP contribution is 2.48. The van der Waals surface area contributed by atoms with Gasteiger partial charge in [0.25, 0.3) is 0 Å². The van der Waals surface area contributed by atoms with E-state index in [9.17, 15) is 9.59 Å². The molecule has 0 heterocycles. The fourth-order valence-electron chi connectivity index (χ4n) is 3.26. The zero-order valence-electron chi connectivity index (χ0n) is 17.3. The second-order valence-electron chi connectivity index (χ2n) is 8.73. The molecule has 1 aliphatic rings. The van der Waals surface area contributed by atoms with Crippen molar-refractivity contribution in [2.45, 2.75) is 39.0 Å². The van der Waals surface area contributed by atoms with E-state index < -0.39 is 5.41 Å². The normalized spacial score (nSPS) is 14.9. The number of benzene rings is 2. The highest BCUT2D eigenvalue weighted by Gasteiger charge is 2.56. The van der Waals surface area contributed by atoms with E-state index in [1.54, 1.807) is 0 Å². The van der Waals surface area contributed by atoms with Crippen LogP contribution in [0.3, 0.4) is 0 Å². The third kappa shape index (κ3) is 4.03. The molecule has 2 N–H and O–H groups in total. The summed E-state index contributed by atoms with van der Waals surface area (Å²) in [5, 5.41) is 5.91. The van der Waals surface area contributed by atoms with Gasteiger partial charge in [-0.15, -0.1) is 0 Å². The van der Waals surface area contributed by atoms with E-state index in [4.69, 9.17) is 0 Å². The third-order valence-electron chi connectivity index (χ3n) is 5.24. The quantitative estimate of drug-likeness (QED) is 0.757. The van der Waals surface area contributed by atoms with Gasteiger partial charge >= 0.3 is 0 Å². The number of hydrogen-bond donors (Lipinski definition) is 2. The first kappa shape index (κ1) is 19.9. The molecule has 0 atom stereocenters. The van der Waals surface area contributed by atoms with Gasteiger partial charge in [-0.05, 0) is 54.2 Å². The first-order chi connectivity index (χ1) is 13.1. The molecule has 2 aromatic carbocycles. The molecule has 1 fully saturated rings. The standard InChI is InChI=1S/C23H29N3O2/c1-22(2,3)18-8-6-7-9-19(18)25-21(28)23(14-15-23)20(27)24-16-10-12-17(13-11-16)26(4)5/h6-13H,14-15H2,1-5H3,(H,24,27)(H,25,28). The van der Waals surface area contributed by atoms with Crippen molar-refractivity contribution < 1.29 is 9.59 Å². The van der Waals surface area contributed by atoms with Crippen LogP contribution in [0.4, 0.5) is 17.1 Å². The van der Waals surface area contributed by atoms with E-state index in [1.807, 2.05) is 67.5 Å². The molecule has 1 aliphatic carbocycles. The molecule has 0 spiro atoms. The second kappa shape index (κ2) is 7.30. The maximum Gasteiger partial charge on any atom is 0.240 e. The lowest BCUT2D eigenvalue weighted by molar-refractivity contribution is -0.131. The van der Waals surface area contributed by atoms with E-state index in [-0.39, 0.29) is 17.2 Å². The number of nitrogens with zero attached hydrogens (tertiary/aromatic N) is 1. The number of nitrogens with one attached hydrogen (secondary N) is 2. The summed E-state index contributed by atoms with van der Waals surface area (Å²) in [6.07, 6.45) is 1.14. The van der Waals surface area contributed by atoms with Gasteiger partial charge in [0.1, 0.15) is 5.41 Å². The number of amides is 2. The van der Waals surface area contributed by atoms with Crippen LogP contribution in [0, 0.1) is 5.41 Å². The molecule has 3 rings (SSSR count). The largest absolute Gasteiger partial charge is 0.378 e. The molecule has 2 aromatic rings. The summed E-state index contributed by atoms with van der Waals surface area (Å²) in [5.41, 5.74) is 2.50. The summed E-state index contributed by atoms with van der Waals surface area (Å²) in [4.78, 5) is 27.8. The smallest absolute Gasteiger partial charge is 0.240 e. The van der Waals surface area contributed by atoms with Crippen molar-refractivity contribution in [3.05, 3.63) is 54.1 Å². The van der Waals surface area contributed by atoms with Gasteiger partial charge in [0.15, 0.2) is 0 Å². The Balaban J connectivity index is 1.73. The molecule has 2 amide bonds. The lowest BCUT2D eigenvalue weighted by atomic mass is 9.85. The molecule has 0 aromatic heterocycles. The van der Waals surface area contributed by atoms with Gasteiger partial charge in [-0.25, -0.2) is 0 Å². The molecular weight excluding hydrogens is 350 g/mol. The summed E-state index contributed by atoms with van der Waals surface area (Å²) in [5.74, 6) is -0.470. The van der Waals surface area contributed by atoms with Crippen molar-refractivity contribution >= 4 is 28.9 Å². The second-order valence-corrected chi connectivity index (χ2v) is 8.73. The van der Waals surface area contributed by atoms with Gasteiger partial charge in [0, 0.05) is 31.2 Å². The van der Waals surface area contributed by atoms with Crippen LogP contribution in [0.15, 0.2) is 48.5 Å². The molecule has 0 radical (unpaired) electrons.